The van der Waals surface area contributed by atoms with Crippen molar-refractivity contribution in [2.24, 2.45) is 0 Å². The SMILES string of the molecule is OCCCOC1CCN(CC2CCCc3ccccc32)CC1. The third kappa shape index (κ3) is 4.09. The molecule has 1 saturated heterocycles. The Morgan fingerprint density at radius 3 is 2.77 bits per heavy atom. The third-order valence-corrected chi connectivity index (χ3v) is 5.16. The van der Waals surface area contributed by atoms with Gasteiger partial charge in [0.05, 0.1) is 6.10 Å². The first-order valence-electron chi connectivity index (χ1n) is 8.89. The van der Waals surface area contributed by atoms with Crippen LogP contribution in [-0.4, -0.2) is 49.0 Å². The van der Waals surface area contributed by atoms with Crippen LogP contribution in [-0.2, 0) is 11.2 Å². The summed E-state index contributed by atoms with van der Waals surface area (Å²) in [6, 6.07) is 9.02. The summed E-state index contributed by atoms with van der Waals surface area (Å²) in [4.78, 5) is 2.62. The van der Waals surface area contributed by atoms with E-state index in [9.17, 15) is 0 Å². The predicted molar refractivity (Wildman–Crippen MR) is 89.2 cm³/mol. The highest BCUT2D eigenvalue weighted by Gasteiger charge is 2.25. The molecule has 3 heteroatoms. The minimum absolute atomic E-state index is 0.236. The average Bonchev–Trinajstić information content (AvgIpc) is 2.57. The van der Waals surface area contributed by atoms with Gasteiger partial charge in [-0.2, -0.15) is 0 Å². The number of hydrogen-bond donors (Lipinski definition) is 1. The van der Waals surface area contributed by atoms with Crippen molar-refractivity contribution in [2.75, 3.05) is 32.8 Å². The van der Waals surface area contributed by atoms with Crippen LogP contribution in [0.25, 0.3) is 0 Å². The molecule has 0 amide bonds. The lowest BCUT2D eigenvalue weighted by Gasteiger charge is -2.36. The fourth-order valence-electron chi connectivity index (χ4n) is 3.93. The molecule has 22 heavy (non-hydrogen) atoms. The van der Waals surface area contributed by atoms with E-state index in [1.54, 1.807) is 11.1 Å². The molecule has 1 aromatic carbocycles. The molecule has 1 aliphatic heterocycles. The monoisotopic (exact) mass is 303 g/mol. The number of nitrogens with zero attached hydrogens (tertiary/aromatic N) is 1. The predicted octanol–water partition coefficient (Wildman–Crippen LogP) is 2.97. The summed E-state index contributed by atoms with van der Waals surface area (Å²) in [5.41, 5.74) is 3.16. The molecular formula is C19H29NO2. The van der Waals surface area contributed by atoms with Gasteiger partial charge in [-0.15, -0.1) is 0 Å². The van der Waals surface area contributed by atoms with E-state index in [2.05, 4.69) is 29.2 Å². The minimum atomic E-state index is 0.236. The van der Waals surface area contributed by atoms with Gasteiger partial charge in [0.25, 0.3) is 0 Å². The van der Waals surface area contributed by atoms with E-state index < -0.39 is 0 Å². The average molecular weight is 303 g/mol. The van der Waals surface area contributed by atoms with Crippen molar-refractivity contribution in [3.05, 3.63) is 35.4 Å². The minimum Gasteiger partial charge on any atom is -0.396 e. The van der Waals surface area contributed by atoms with E-state index in [4.69, 9.17) is 9.84 Å². The van der Waals surface area contributed by atoms with Gasteiger partial charge in [0, 0.05) is 32.8 Å². The number of aryl methyl sites for hydroxylation is 1. The summed E-state index contributed by atoms with van der Waals surface area (Å²) in [7, 11) is 0. The number of rotatable bonds is 6. The zero-order chi connectivity index (χ0) is 15.2. The molecule has 1 aromatic rings. The second-order valence-electron chi connectivity index (χ2n) is 6.74. The molecule has 1 N–H and O–H groups in total. The summed E-state index contributed by atoms with van der Waals surface area (Å²) in [5.74, 6) is 0.719. The molecule has 0 aromatic heterocycles. The van der Waals surface area contributed by atoms with Crippen molar-refractivity contribution in [3.63, 3.8) is 0 Å². The Balaban J connectivity index is 1.47. The maximum Gasteiger partial charge on any atom is 0.0599 e. The third-order valence-electron chi connectivity index (χ3n) is 5.16. The molecule has 0 bridgehead atoms. The van der Waals surface area contributed by atoms with Gasteiger partial charge in [-0.1, -0.05) is 24.3 Å². The molecular weight excluding hydrogens is 274 g/mol. The Kier molecular flexibility index (Phi) is 5.88. The Hall–Kier alpha value is -0.900. The van der Waals surface area contributed by atoms with E-state index in [0.717, 1.165) is 38.3 Å². The molecule has 0 spiro atoms. The van der Waals surface area contributed by atoms with E-state index in [-0.39, 0.29) is 6.61 Å². The number of fused-ring (bicyclic) bond motifs is 1. The van der Waals surface area contributed by atoms with E-state index >= 15 is 0 Å². The lowest BCUT2D eigenvalue weighted by molar-refractivity contribution is 0.00102. The van der Waals surface area contributed by atoms with Crippen LogP contribution in [0.4, 0.5) is 0 Å². The second kappa shape index (κ2) is 8.09. The first-order chi connectivity index (χ1) is 10.9. The summed E-state index contributed by atoms with van der Waals surface area (Å²) in [6.07, 6.45) is 7.37. The van der Waals surface area contributed by atoms with Crippen molar-refractivity contribution >= 4 is 0 Å². The number of piperidine rings is 1. The zero-order valence-corrected chi connectivity index (χ0v) is 13.5. The second-order valence-corrected chi connectivity index (χ2v) is 6.74. The Morgan fingerprint density at radius 1 is 1.14 bits per heavy atom. The topological polar surface area (TPSA) is 32.7 Å². The molecule has 1 atom stereocenters. The van der Waals surface area contributed by atoms with Crippen molar-refractivity contribution in [1.29, 1.82) is 0 Å². The van der Waals surface area contributed by atoms with E-state index in [0.29, 0.717) is 12.7 Å². The molecule has 3 nitrogen and oxygen atoms in total. The first kappa shape index (κ1) is 16.0. The largest absolute Gasteiger partial charge is 0.396 e. The van der Waals surface area contributed by atoms with Crippen LogP contribution < -0.4 is 0 Å². The fraction of sp³-hybridized carbons (Fsp3) is 0.684. The summed E-state index contributed by atoms with van der Waals surface area (Å²) < 4.78 is 5.83. The zero-order valence-electron chi connectivity index (χ0n) is 13.5. The number of benzene rings is 1. The van der Waals surface area contributed by atoms with Gasteiger partial charge in [0.15, 0.2) is 0 Å². The lowest BCUT2D eigenvalue weighted by atomic mass is 9.82. The van der Waals surface area contributed by atoms with Gasteiger partial charge in [0.2, 0.25) is 0 Å². The van der Waals surface area contributed by atoms with Gasteiger partial charge in [-0.25, -0.2) is 0 Å². The highest BCUT2D eigenvalue weighted by molar-refractivity contribution is 5.32. The van der Waals surface area contributed by atoms with Gasteiger partial charge in [0.1, 0.15) is 0 Å². The quantitative estimate of drug-likeness (QED) is 0.820. The van der Waals surface area contributed by atoms with Crippen LogP contribution in [0, 0.1) is 0 Å². The van der Waals surface area contributed by atoms with Crippen LogP contribution in [0.15, 0.2) is 24.3 Å². The number of aliphatic hydroxyl groups is 1. The fourth-order valence-corrected chi connectivity index (χ4v) is 3.93. The molecule has 2 aliphatic rings. The smallest absolute Gasteiger partial charge is 0.0599 e. The number of ether oxygens (including phenoxy) is 1. The van der Waals surface area contributed by atoms with Crippen LogP contribution in [0.2, 0.25) is 0 Å². The lowest BCUT2D eigenvalue weighted by Crippen LogP contribution is -2.39. The van der Waals surface area contributed by atoms with Crippen LogP contribution in [0.5, 0.6) is 0 Å². The molecule has 3 rings (SSSR count). The molecule has 0 saturated carbocycles. The highest BCUT2D eigenvalue weighted by atomic mass is 16.5. The van der Waals surface area contributed by atoms with Crippen LogP contribution in [0.1, 0.15) is 49.1 Å². The molecule has 1 heterocycles. The maximum absolute atomic E-state index is 8.81. The molecule has 1 unspecified atom stereocenters. The van der Waals surface area contributed by atoms with Gasteiger partial charge in [-0.3, -0.25) is 0 Å². The van der Waals surface area contributed by atoms with Gasteiger partial charge < -0.3 is 14.7 Å². The van der Waals surface area contributed by atoms with Gasteiger partial charge >= 0.3 is 0 Å². The Bertz CT molecular complexity index is 455. The normalized spacial score (nSPS) is 23.4. The van der Waals surface area contributed by atoms with Crippen molar-refractivity contribution in [3.8, 4) is 0 Å². The number of hydrogen-bond acceptors (Lipinski definition) is 3. The van der Waals surface area contributed by atoms with Gasteiger partial charge in [-0.05, 0) is 55.6 Å². The maximum atomic E-state index is 8.81. The first-order valence-corrected chi connectivity index (χ1v) is 8.89. The Morgan fingerprint density at radius 2 is 1.95 bits per heavy atom. The number of likely N-dealkylation sites (tertiary alicyclic amines) is 1. The van der Waals surface area contributed by atoms with Crippen molar-refractivity contribution < 1.29 is 9.84 Å². The summed E-state index contributed by atoms with van der Waals surface area (Å²) in [5, 5.41) is 8.81. The number of aliphatic hydroxyl groups excluding tert-OH is 1. The summed E-state index contributed by atoms with van der Waals surface area (Å²) >= 11 is 0. The molecule has 0 radical (unpaired) electrons. The molecule has 122 valence electrons. The van der Waals surface area contributed by atoms with Crippen molar-refractivity contribution in [1.82, 2.24) is 4.90 Å². The van der Waals surface area contributed by atoms with E-state index in [1.165, 1.54) is 25.8 Å². The summed E-state index contributed by atoms with van der Waals surface area (Å²) in [6.45, 7) is 4.46. The highest BCUT2D eigenvalue weighted by Crippen LogP contribution is 2.32. The van der Waals surface area contributed by atoms with E-state index in [1.807, 2.05) is 0 Å². The van der Waals surface area contributed by atoms with Crippen LogP contribution >= 0.6 is 0 Å². The van der Waals surface area contributed by atoms with Crippen LogP contribution in [0.3, 0.4) is 0 Å². The Labute approximate surface area is 134 Å². The molecule has 1 fully saturated rings. The van der Waals surface area contributed by atoms with Crippen molar-refractivity contribution in [2.45, 2.75) is 50.5 Å². The standard InChI is InChI=1S/C19H29NO2/c21-13-4-14-22-18-9-11-20(12-10-18)15-17-7-3-6-16-5-1-2-8-19(16)17/h1-2,5,8,17-18,21H,3-4,6-7,9-15H2. The molecule has 1 aliphatic carbocycles.